The van der Waals surface area contributed by atoms with E-state index < -0.39 is 0 Å². The van der Waals surface area contributed by atoms with E-state index >= 15 is 0 Å². The van der Waals surface area contributed by atoms with E-state index in [1.165, 1.54) is 12.4 Å². The average Bonchev–Trinajstić information content (AvgIpc) is 2.38. The summed E-state index contributed by atoms with van der Waals surface area (Å²) in [5.74, 6) is 0.630. The van der Waals surface area contributed by atoms with Gasteiger partial charge < -0.3 is 11.5 Å². The minimum atomic E-state index is 0. The molecule has 0 saturated heterocycles. The van der Waals surface area contributed by atoms with E-state index in [-0.39, 0.29) is 18.4 Å². The van der Waals surface area contributed by atoms with Gasteiger partial charge in [-0.1, -0.05) is 30.6 Å². The Morgan fingerprint density at radius 1 is 1.09 bits per heavy atom. The van der Waals surface area contributed by atoms with Crippen molar-refractivity contribution in [2.24, 2.45) is 4.30 Å². The van der Waals surface area contributed by atoms with Crippen molar-refractivity contribution in [1.29, 1.82) is 0 Å². The molecule has 2 aromatic rings. The van der Waals surface area contributed by atoms with Crippen molar-refractivity contribution in [3.63, 3.8) is 0 Å². The molecule has 0 aromatic carbocycles. The standard InChI is InChI=1S/C4H2Br2ClN3.C4H4ClN3.CH4.BHNS/c5-1-3(7)10-4(8)2(6)9-1;5-3-1-7-2-4(6)8-3;;1-2-3/h(H2,8,10);1-2H,(H2,6,8);1H4;3H. The molecular weight excluding hydrogens is 480 g/mol. The topological polar surface area (TPSA) is 116 Å². The molecule has 2 aromatic heterocycles. The van der Waals surface area contributed by atoms with Crippen LogP contribution in [-0.2, 0) is 0 Å². The first-order chi connectivity index (χ1) is 9.81. The van der Waals surface area contributed by atoms with Gasteiger partial charge in [-0.15, -0.1) is 0 Å². The number of anilines is 2. The maximum absolute atomic E-state index is 5.56. The van der Waals surface area contributed by atoms with Crippen LogP contribution in [0.3, 0.4) is 0 Å². The molecule has 0 saturated carbocycles. The van der Waals surface area contributed by atoms with Gasteiger partial charge in [0.2, 0.25) is 0 Å². The zero-order valence-corrected chi connectivity index (χ0v) is 15.7. The van der Waals surface area contributed by atoms with Crippen molar-refractivity contribution in [3.8, 4) is 0 Å². The van der Waals surface area contributed by atoms with Crippen LogP contribution in [0, 0.1) is 0 Å². The molecule has 0 aliphatic heterocycles. The Labute approximate surface area is 161 Å². The molecule has 0 bridgehead atoms. The van der Waals surface area contributed by atoms with E-state index in [0.717, 1.165) is 0 Å². The molecule has 13 heteroatoms. The molecule has 0 fully saturated rings. The van der Waals surface area contributed by atoms with Crippen LogP contribution in [-0.4, -0.2) is 27.6 Å². The molecule has 4 N–H and O–H groups in total. The fraction of sp³-hybridized carbons (Fsp3) is 0.111. The minimum absolute atomic E-state index is 0. The monoisotopic (exact) mass is 488 g/mol. The summed E-state index contributed by atoms with van der Waals surface area (Å²) in [7, 11) is 4.34. The van der Waals surface area contributed by atoms with Crippen LogP contribution >= 0.6 is 67.9 Å². The number of nitrogens with two attached hydrogens (primary N) is 2. The Bertz CT molecular complexity index is 541. The second kappa shape index (κ2) is 13.0. The van der Waals surface area contributed by atoms with Gasteiger partial charge in [0, 0.05) is 0 Å². The number of thiol groups is 1. The molecule has 1 radical (unpaired) electrons. The van der Waals surface area contributed by atoms with E-state index in [1.54, 1.807) is 0 Å². The molecular formula is C9H11BBr2Cl2N7S. The van der Waals surface area contributed by atoms with Gasteiger partial charge >= 0.3 is 24.8 Å². The third-order valence-corrected chi connectivity index (χ3v) is 3.23. The van der Waals surface area contributed by atoms with E-state index in [9.17, 15) is 0 Å². The summed E-state index contributed by atoms with van der Waals surface area (Å²) in [5, 5.41) is 0.589. The predicted molar refractivity (Wildman–Crippen MR) is 102 cm³/mol. The van der Waals surface area contributed by atoms with Gasteiger partial charge in [-0.25, -0.2) is 15.0 Å². The zero-order chi connectivity index (χ0) is 16.4. The molecule has 0 amide bonds. The van der Waals surface area contributed by atoms with E-state index in [4.69, 9.17) is 34.7 Å². The first-order valence-electron chi connectivity index (χ1n) is 4.73. The molecule has 22 heavy (non-hydrogen) atoms. The molecule has 0 unspecified atom stereocenters. The third kappa shape index (κ3) is 10.3. The Hall–Kier alpha value is -0.485. The van der Waals surface area contributed by atoms with Crippen LogP contribution in [0.2, 0.25) is 10.3 Å². The van der Waals surface area contributed by atoms with Crippen LogP contribution in [0.15, 0.2) is 25.9 Å². The fourth-order valence-electron chi connectivity index (χ4n) is 0.744. The summed E-state index contributed by atoms with van der Waals surface area (Å²) in [6.45, 7) is 0. The molecule has 0 aliphatic rings. The summed E-state index contributed by atoms with van der Waals surface area (Å²) >= 11 is 20.3. The Morgan fingerprint density at radius 3 is 2.00 bits per heavy atom. The molecule has 0 atom stereocenters. The molecule has 2 heterocycles. The summed E-state index contributed by atoms with van der Waals surface area (Å²) in [4.78, 5) is 15.0. The average molecular weight is 491 g/mol. The van der Waals surface area contributed by atoms with Crippen LogP contribution in [0.25, 0.3) is 0 Å². The van der Waals surface area contributed by atoms with Crippen molar-refractivity contribution in [2.75, 3.05) is 11.5 Å². The van der Waals surface area contributed by atoms with Crippen LogP contribution < -0.4 is 11.5 Å². The van der Waals surface area contributed by atoms with Crippen molar-refractivity contribution >= 4 is 87.2 Å². The number of halogens is 4. The normalized spacial score (nSPS) is 8.36. The van der Waals surface area contributed by atoms with Gasteiger partial charge in [0.1, 0.15) is 20.2 Å². The van der Waals surface area contributed by atoms with Crippen molar-refractivity contribution < 1.29 is 0 Å². The number of nitrogen functional groups attached to an aromatic ring is 2. The first-order valence-corrected chi connectivity index (χ1v) is 7.47. The SMILES string of the molecule is C.Nc1cncc(Cl)n1.Nc1nc(Cl)c(Br)nc1Br.[B]=NS. The zero-order valence-electron chi connectivity index (χ0n) is 10.1. The maximum atomic E-state index is 5.56. The molecule has 7 nitrogen and oxygen atoms in total. The van der Waals surface area contributed by atoms with Crippen molar-refractivity contribution in [1.82, 2.24) is 19.9 Å². The van der Waals surface area contributed by atoms with Crippen LogP contribution in [0.4, 0.5) is 11.6 Å². The van der Waals surface area contributed by atoms with E-state index in [2.05, 4.69) is 76.5 Å². The summed E-state index contributed by atoms with van der Waals surface area (Å²) < 4.78 is 3.67. The quantitative estimate of drug-likeness (QED) is 0.382. The van der Waals surface area contributed by atoms with Gasteiger partial charge in [0.05, 0.1) is 12.4 Å². The number of hydrogen-bond acceptors (Lipinski definition) is 8. The fourth-order valence-corrected chi connectivity index (χ4v) is 1.80. The van der Waals surface area contributed by atoms with Gasteiger partial charge in [0.25, 0.3) is 0 Å². The molecule has 2 rings (SSSR count). The number of hydrogen-bond donors (Lipinski definition) is 3. The van der Waals surface area contributed by atoms with E-state index in [0.29, 0.717) is 20.2 Å². The second-order valence-corrected chi connectivity index (χ2v) is 5.34. The summed E-state index contributed by atoms with van der Waals surface area (Å²) in [5.41, 5.74) is 10.6. The molecule has 0 aliphatic carbocycles. The molecule has 0 spiro atoms. The first kappa shape index (κ1) is 23.8. The third-order valence-electron chi connectivity index (χ3n) is 1.42. The van der Waals surface area contributed by atoms with Gasteiger partial charge in [0.15, 0.2) is 11.0 Å². The molecule has 119 valence electrons. The Kier molecular flexibility index (Phi) is 14.0. The summed E-state index contributed by atoms with van der Waals surface area (Å²) in [6, 6.07) is 0. The number of rotatable bonds is 0. The van der Waals surface area contributed by atoms with Gasteiger partial charge in [-0.05, 0) is 31.9 Å². The predicted octanol–water partition coefficient (Wildman–Crippen LogP) is 3.77. The number of nitrogens with zero attached hydrogens (tertiary/aromatic N) is 5. The van der Waals surface area contributed by atoms with Crippen molar-refractivity contribution in [2.45, 2.75) is 7.43 Å². The summed E-state index contributed by atoms with van der Waals surface area (Å²) in [6.07, 6.45) is 2.86. The van der Waals surface area contributed by atoms with Crippen LogP contribution in [0.5, 0.6) is 0 Å². The number of aromatic nitrogens is 4. The second-order valence-electron chi connectivity index (χ2n) is 2.86. The van der Waals surface area contributed by atoms with Gasteiger partial charge in [-0.2, -0.15) is 0 Å². The Balaban J connectivity index is 0. The van der Waals surface area contributed by atoms with Crippen molar-refractivity contribution in [3.05, 3.63) is 31.9 Å². The Morgan fingerprint density at radius 2 is 1.64 bits per heavy atom. The van der Waals surface area contributed by atoms with Crippen LogP contribution in [0.1, 0.15) is 7.43 Å². The van der Waals surface area contributed by atoms with E-state index in [1.807, 2.05) is 0 Å². The van der Waals surface area contributed by atoms with Gasteiger partial charge in [-0.3, -0.25) is 4.98 Å².